The molecule has 1 aliphatic rings. The summed E-state index contributed by atoms with van der Waals surface area (Å²) in [4.78, 5) is 25.9. The Morgan fingerprint density at radius 3 is 2.89 bits per heavy atom. The molecule has 2 aromatic rings. The van der Waals surface area contributed by atoms with Crippen molar-refractivity contribution in [1.82, 2.24) is 0 Å². The van der Waals surface area contributed by atoms with Crippen molar-refractivity contribution in [2.24, 2.45) is 0 Å². The molecule has 0 bridgehead atoms. The number of hydrogen-bond acceptors (Lipinski definition) is 4. The molecule has 148 valence electrons. The zero-order valence-electron chi connectivity index (χ0n) is 16.4. The normalized spacial score (nSPS) is 12.9. The Labute approximate surface area is 165 Å². The van der Waals surface area contributed by atoms with Crippen LogP contribution in [0.3, 0.4) is 0 Å². The summed E-state index contributed by atoms with van der Waals surface area (Å²) >= 11 is 0. The maximum Gasteiger partial charge on any atom is 0.265 e. The van der Waals surface area contributed by atoms with Gasteiger partial charge in [0.15, 0.2) is 6.61 Å². The van der Waals surface area contributed by atoms with Gasteiger partial charge in [-0.05, 0) is 43.2 Å². The molecule has 6 heteroatoms. The van der Waals surface area contributed by atoms with Crippen LogP contribution in [0.5, 0.6) is 11.5 Å². The first kappa shape index (κ1) is 19.7. The number of anilines is 2. The largest absolute Gasteiger partial charge is 0.492 e. The van der Waals surface area contributed by atoms with Gasteiger partial charge in [-0.3, -0.25) is 9.59 Å². The van der Waals surface area contributed by atoms with Gasteiger partial charge in [0.25, 0.3) is 5.91 Å². The number of amides is 2. The molecule has 0 atom stereocenters. The molecule has 2 aromatic carbocycles. The van der Waals surface area contributed by atoms with Gasteiger partial charge >= 0.3 is 0 Å². The standard InChI is InChI=1S/C22H26N2O4/c1-3-4-8-21(25)23-17-9-10-19-20(14-17)28-15-22(26)24(19)11-12-27-18-7-5-6-16(2)13-18/h5-7,9-10,13-14H,3-4,8,11-12,15H2,1-2H3,(H,23,25). The Balaban J connectivity index is 1.64. The van der Waals surface area contributed by atoms with E-state index in [2.05, 4.69) is 5.32 Å². The molecule has 1 heterocycles. The molecular formula is C22H26N2O4. The molecule has 6 nitrogen and oxygen atoms in total. The monoisotopic (exact) mass is 382 g/mol. The number of carbonyl (C=O) groups excluding carboxylic acids is 2. The zero-order valence-corrected chi connectivity index (χ0v) is 16.4. The number of unbranched alkanes of at least 4 members (excludes halogenated alkanes) is 1. The van der Waals surface area contributed by atoms with E-state index in [4.69, 9.17) is 9.47 Å². The van der Waals surface area contributed by atoms with Crippen molar-refractivity contribution in [3.63, 3.8) is 0 Å². The lowest BCUT2D eigenvalue weighted by Crippen LogP contribution is -2.41. The minimum atomic E-state index is -0.111. The summed E-state index contributed by atoms with van der Waals surface area (Å²) in [6.07, 6.45) is 2.33. The highest BCUT2D eigenvalue weighted by Gasteiger charge is 2.25. The van der Waals surface area contributed by atoms with E-state index >= 15 is 0 Å². The maximum atomic E-state index is 12.3. The van der Waals surface area contributed by atoms with Gasteiger partial charge in [-0.15, -0.1) is 0 Å². The Kier molecular flexibility index (Phi) is 6.53. The average molecular weight is 382 g/mol. The number of carbonyl (C=O) groups is 2. The molecule has 0 saturated heterocycles. The molecule has 0 radical (unpaired) electrons. The van der Waals surface area contributed by atoms with Crippen molar-refractivity contribution in [2.75, 3.05) is 30.0 Å². The SMILES string of the molecule is CCCCC(=O)Nc1ccc2c(c1)OCC(=O)N2CCOc1cccc(C)c1. The van der Waals surface area contributed by atoms with Crippen molar-refractivity contribution < 1.29 is 19.1 Å². The van der Waals surface area contributed by atoms with E-state index in [9.17, 15) is 9.59 Å². The van der Waals surface area contributed by atoms with Crippen LogP contribution in [0.4, 0.5) is 11.4 Å². The fraction of sp³-hybridized carbons (Fsp3) is 0.364. The maximum absolute atomic E-state index is 12.3. The summed E-state index contributed by atoms with van der Waals surface area (Å²) in [5, 5.41) is 2.88. The number of ether oxygens (including phenoxy) is 2. The quantitative estimate of drug-likeness (QED) is 0.751. The number of nitrogens with zero attached hydrogens (tertiary/aromatic N) is 1. The highest BCUT2D eigenvalue weighted by atomic mass is 16.5. The van der Waals surface area contributed by atoms with Crippen LogP contribution in [0.25, 0.3) is 0 Å². The van der Waals surface area contributed by atoms with Crippen LogP contribution >= 0.6 is 0 Å². The van der Waals surface area contributed by atoms with Crippen molar-refractivity contribution in [3.05, 3.63) is 48.0 Å². The van der Waals surface area contributed by atoms with Crippen LogP contribution in [0, 0.1) is 6.92 Å². The topological polar surface area (TPSA) is 67.9 Å². The number of rotatable bonds is 8. The van der Waals surface area contributed by atoms with E-state index in [0.717, 1.165) is 24.2 Å². The number of aryl methyl sites for hydroxylation is 1. The van der Waals surface area contributed by atoms with Gasteiger partial charge in [-0.2, -0.15) is 0 Å². The van der Waals surface area contributed by atoms with E-state index < -0.39 is 0 Å². The molecule has 0 aliphatic carbocycles. The molecule has 3 rings (SSSR count). The lowest BCUT2D eigenvalue weighted by Gasteiger charge is -2.29. The zero-order chi connectivity index (χ0) is 19.9. The molecule has 1 aliphatic heterocycles. The van der Waals surface area contributed by atoms with Gasteiger partial charge in [0.2, 0.25) is 5.91 Å². The Bertz CT molecular complexity index is 850. The van der Waals surface area contributed by atoms with Crippen molar-refractivity contribution >= 4 is 23.2 Å². The summed E-state index contributed by atoms with van der Waals surface area (Å²) in [5.41, 5.74) is 2.49. The number of hydrogen-bond donors (Lipinski definition) is 1. The second kappa shape index (κ2) is 9.26. The molecule has 0 saturated carbocycles. The summed E-state index contributed by atoms with van der Waals surface area (Å²) < 4.78 is 11.3. The van der Waals surface area contributed by atoms with E-state index in [0.29, 0.717) is 36.7 Å². The van der Waals surface area contributed by atoms with Gasteiger partial charge in [-0.25, -0.2) is 0 Å². The van der Waals surface area contributed by atoms with Crippen LogP contribution in [-0.2, 0) is 9.59 Å². The van der Waals surface area contributed by atoms with E-state index in [1.807, 2.05) is 38.1 Å². The summed E-state index contributed by atoms with van der Waals surface area (Å²) in [7, 11) is 0. The number of benzene rings is 2. The Morgan fingerprint density at radius 2 is 2.11 bits per heavy atom. The second-order valence-corrected chi connectivity index (χ2v) is 6.83. The van der Waals surface area contributed by atoms with Gasteiger partial charge < -0.3 is 19.7 Å². The van der Waals surface area contributed by atoms with E-state index in [1.165, 1.54) is 0 Å². The minimum Gasteiger partial charge on any atom is -0.492 e. The average Bonchev–Trinajstić information content (AvgIpc) is 2.68. The third kappa shape index (κ3) is 5.03. The highest BCUT2D eigenvalue weighted by molar-refractivity contribution is 5.99. The summed E-state index contributed by atoms with van der Waals surface area (Å²) in [5.74, 6) is 1.24. The van der Waals surface area contributed by atoms with Crippen molar-refractivity contribution in [3.8, 4) is 11.5 Å². The van der Waals surface area contributed by atoms with Crippen LogP contribution in [-0.4, -0.2) is 31.6 Å². The predicted octanol–water partition coefficient (Wildman–Crippen LogP) is 3.93. The van der Waals surface area contributed by atoms with Crippen molar-refractivity contribution in [2.45, 2.75) is 33.1 Å². The molecule has 2 amide bonds. The minimum absolute atomic E-state index is 0.0166. The third-order valence-corrected chi connectivity index (χ3v) is 4.52. The van der Waals surface area contributed by atoms with Crippen LogP contribution in [0.15, 0.2) is 42.5 Å². The lowest BCUT2D eigenvalue weighted by atomic mass is 10.2. The van der Waals surface area contributed by atoms with Gasteiger partial charge in [0.1, 0.15) is 18.1 Å². The van der Waals surface area contributed by atoms with Gasteiger partial charge in [-0.1, -0.05) is 25.5 Å². The van der Waals surface area contributed by atoms with Crippen LogP contribution in [0.2, 0.25) is 0 Å². The fourth-order valence-corrected chi connectivity index (χ4v) is 3.05. The molecule has 0 unspecified atom stereocenters. The predicted molar refractivity (Wildman–Crippen MR) is 109 cm³/mol. The molecule has 1 N–H and O–H groups in total. The number of fused-ring (bicyclic) bond motifs is 1. The van der Waals surface area contributed by atoms with Gasteiger partial charge in [0, 0.05) is 18.2 Å². The first-order valence-electron chi connectivity index (χ1n) is 9.63. The summed E-state index contributed by atoms with van der Waals surface area (Å²) in [6.45, 7) is 4.83. The van der Waals surface area contributed by atoms with E-state index in [-0.39, 0.29) is 18.4 Å². The molecule has 0 aromatic heterocycles. The molecule has 0 spiro atoms. The van der Waals surface area contributed by atoms with E-state index in [1.54, 1.807) is 23.1 Å². The molecule has 28 heavy (non-hydrogen) atoms. The van der Waals surface area contributed by atoms with Crippen LogP contribution < -0.4 is 19.7 Å². The van der Waals surface area contributed by atoms with Gasteiger partial charge in [0.05, 0.1) is 12.2 Å². The fourth-order valence-electron chi connectivity index (χ4n) is 3.05. The third-order valence-electron chi connectivity index (χ3n) is 4.52. The van der Waals surface area contributed by atoms with Crippen molar-refractivity contribution in [1.29, 1.82) is 0 Å². The highest BCUT2D eigenvalue weighted by Crippen LogP contribution is 2.34. The Hall–Kier alpha value is -3.02. The first-order valence-corrected chi connectivity index (χ1v) is 9.63. The lowest BCUT2D eigenvalue weighted by molar-refractivity contribution is -0.121. The van der Waals surface area contributed by atoms with Crippen LogP contribution in [0.1, 0.15) is 31.7 Å². The number of nitrogens with one attached hydrogen (secondary N) is 1. The first-order chi connectivity index (χ1) is 13.6. The molecular weight excluding hydrogens is 356 g/mol. The Morgan fingerprint density at radius 1 is 1.25 bits per heavy atom. The summed E-state index contributed by atoms with van der Waals surface area (Å²) in [6, 6.07) is 13.2. The smallest absolute Gasteiger partial charge is 0.265 e. The second-order valence-electron chi connectivity index (χ2n) is 6.83. The molecule has 0 fully saturated rings.